The SMILES string of the molecule is Cc1ncc(NC(=O)c2cc(C3CC3NC3CCC3)sc2C)s1. The smallest absolute Gasteiger partial charge is 0.257 e. The van der Waals surface area contributed by atoms with E-state index in [1.807, 2.05) is 13.8 Å². The van der Waals surface area contributed by atoms with Crippen molar-refractivity contribution in [2.24, 2.45) is 0 Å². The third-order valence-electron chi connectivity index (χ3n) is 4.75. The average molecular weight is 348 g/mol. The number of aryl methyl sites for hydroxylation is 2. The maximum Gasteiger partial charge on any atom is 0.257 e. The highest BCUT2D eigenvalue weighted by molar-refractivity contribution is 7.15. The number of anilines is 1. The Labute approximate surface area is 144 Å². The lowest BCUT2D eigenvalue weighted by Gasteiger charge is -2.26. The summed E-state index contributed by atoms with van der Waals surface area (Å²) in [5, 5.41) is 8.48. The van der Waals surface area contributed by atoms with Crippen molar-refractivity contribution >= 4 is 33.6 Å². The number of carbonyl (C=O) groups excluding carboxylic acids is 1. The van der Waals surface area contributed by atoms with E-state index in [0.29, 0.717) is 12.0 Å². The second-order valence-corrected chi connectivity index (χ2v) is 9.08. The summed E-state index contributed by atoms with van der Waals surface area (Å²) in [4.78, 5) is 19.1. The van der Waals surface area contributed by atoms with Gasteiger partial charge < -0.3 is 10.6 Å². The van der Waals surface area contributed by atoms with Crippen molar-refractivity contribution < 1.29 is 4.79 Å². The topological polar surface area (TPSA) is 54.0 Å². The summed E-state index contributed by atoms with van der Waals surface area (Å²) in [6, 6.07) is 3.46. The van der Waals surface area contributed by atoms with Crippen molar-refractivity contribution in [3.63, 3.8) is 0 Å². The van der Waals surface area contributed by atoms with Crippen molar-refractivity contribution in [2.75, 3.05) is 5.32 Å². The molecule has 2 aromatic rings. The molecule has 23 heavy (non-hydrogen) atoms. The Balaban J connectivity index is 1.41. The fourth-order valence-corrected chi connectivity index (χ4v) is 4.96. The van der Waals surface area contributed by atoms with Crippen LogP contribution in [0.15, 0.2) is 12.3 Å². The van der Waals surface area contributed by atoms with Crippen LogP contribution in [0.25, 0.3) is 0 Å². The Morgan fingerprint density at radius 2 is 2.13 bits per heavy atom. The number of hydrogen-bond acceptors (Lipinski definition) is 5. The fraction of sp³-hybridized carbons (Fsp3) is 0.529. The van der Waals surface area contributed by atoms with Gasteiger partial charge in [0, 0.05) is 27.8 Å². The number of carbonyl (C=O) groups is 1. The van der Waals surface area contributed by atoms with Crippen LogP contribution in [-0.4, -0.2) is 23.0 Å². The van der Waals surface area contributed by atoms with E-state index in [0.717, 1.165) is 26.5 Å². The van der Waals surface area contributed by atoms with E-state index in [1.165, 1.54) is 41.9 Å². The molecule has 122 valence electrons. The zero-order valence-electron chi connectivity index (χ0n) is 13.4. The van der Waals surface area contributed by atoms with Crippen LogP contribution in [0.5, 0.6) is 0 Å². The quantitative estimate of drug-likeness (QED) is 0.857. The molecule has 6 heteroatoms. The van der Waals surface area contributed by atoms with E-state index < -0.39 is 0 Å². The van der Waals surface area contributed by atoms with Crippen LogP contribution in [0.4, 0.5) is 5.00 Å². The van der Waals surface area contributed by atoms with Crippen LogP contribution in [0.2, 0.25) is 0 Å². The van der Waals surface area contributed by atoms with Gasteiger partial charge in [-0.1, -0.05) is 6.42 Å². The molecule has 0 bridgehead atoms. The largest absolute Gasteiger partial charge is 0.312 e. The molecular weight excluding hydrogens is 326 g/mol. The van der Waals surface area contributed by atoms with Gasteiger partial charge in [-0.05, 0) is 39.2 Å². The second-order valence-electron chi connectivity index (χ2n) is 6.56. The molecule has 2 aliphatic carbocycles. The molecule has 2 heterocycles. The molecule has 2 unspecified atom stereocenters. The Morgan fingerprint density at radius 3 is 2.78 bits per heavy atom. The summed E-state index contributed by atoms with van der Waals surface area (Å²) in [6.07, 6.45) is 6.96. The van der Waals surface area contributed by atoms with E-state index in [2.05, 4.69) is 21.7 Å². The van der Waals surface area contributed by atoms with Gasteiger partial charge in [0.25, 0.3) is 5.91 Å². The number of amides is 1. The molecule has 4 rings (SSSR count). The molecule has 1 amide bonds. The van der Waals surface area contributed by atoms with Crippen LogP contribution in [0.3, 0.4) is 0 Å². The van der Waals surface area contributed by atoms with Crippen LogP contribution < -0.4 is 10.6 Å². The number of thiophene rings is 1. The van der Waals surface area contributed by atoms with E-state index in [1.54, 1.807) is 17.5 Å². The summed E-state index contributed by atoms with van der Waals surface area (Å²) < 4.78 is 0. The van der Waals surface area contributed by atoms with Crippen molar-refractivity contribution in [1.82, 2.24) is 10.3 Å². The molecular formula is C17H21N3OS2. The minimum atomic E-state index is -0.0159. The molecule has 2 aliphatic rings. The molecule has 0 aliphatic heterocycles. The van der Waals surface area contributed by atoms with Crippen LogP contribution in [-0.2, 0) is 0 Å². The van der Waals surface area contributed by atoms with Gasteiger partial charge in [0.05, 0.1) is 16.8 Å². The molecule has 0 radical (unpaired) electrons. The lowest BCUT2D eigenvalue weighted by Crippen LogP contribution is -2.37. The number of rotatable bonds is 5. The van der Waals surface area contributed by atoms with E-state index in [9.17, 15) is 4.79 Å². The van der Waals surface area contributed by atoms with Gasteiger partial charge in [0.1, 0.15) is 5.00 Å². The molecule has 2 atom stereocenters. The first-order valence-corrected chi connectivity index (χ1v) is 9.83. The van der Waals surface area contributed by atoms with Gasteiger partial charge in [0.2, 0.25) is 0 Å². The molecule has 2 aromatic heterocycles. The number of hydrogen-bond donors (Lipinski definition) is 2. The standard InChI is InChI=1S/C17H21N3OS2/c1-9-12(17(21)20-16-8-18-10(2)23-16)7-15(22-9)13-6-14(13)19-11-4-3-5-11/h7-8,11,13-14,19H,3-6H2,1-2H3,(H,20,21). The average Bonchev–Trinajstić information content (AvgIpc) is 2.96. The maximum atomic E-state index is 12.5. The highest BCUT2D eigenvalue weighted by Crippen LogP contribution is 2.45. The normalized spacial score (nSPS) is 23.6. The molecule has 4 nitrogen and oxygen atoms in total. The molecule has 0 aromatic carbocycles. The van der Waals surface area contributed by atoms with E-state index >= 15 is 0 Å². The first kappa shape index (κ1) is 15.3. The Bertz CT molecular complexity index is 732. The molecule has 2 N–H and O–H groups in total. The number of nitrogens with zero attached hydrogens (tertiary/aromatic N) is 1. The van der Waals surface area contributed by atoms with Gasteiger partial charge in [0.15, 0.2) is 0 Å². The maximum absolute atomic E-state index is 12.5. The predicted octanol–water partition coefficient (Wildman–Crippen LogP) is 4.07. The van der Waals surface area contributed by atoms with Crippen molar-refractivity contribution in [2.45, 2.75) is 57.5 Å². The first-order valence-electron chi connectivity index (χ1n) is 8.20. The van der Waals surface area contributed by atoms with Gasteiger partial charge in [-0.3, -0.25) is 4.79 Å². The minimum absolute atomic E-state index is 0.0159. The van der Waals surface area contributed by atoms with Crippen molar-refractivity contribution in [1.29, 1.82) is 0 Å². The predicted molar refractivity (Wildman–Crippen MR) is 95.8 cm³/mol. The van der Waals surface area contributed by atoms with Gasteiger partial charge in [-0.15, -0.1) is 22.7 Å². The minimum Gasteiger partial charge on any atom is -0.312 e. The molecule has 0 saturated heterocycles. The zero-order valence-corrected chi connectivity index (χ0v) is 15.0. The Morgan fingerprint density at radius 1 is 1.30 bits per heavy atom. The van der Waals surface area contributed by atoms with Crippen molar-refractivity contribution in [3.05, 3.63) is 32.6 Å². The summed E-state index contributed by atoms with van der Waals surface area (Å²) in [5.41, 5.74) is 0.811. The van der Waals surface area contributed by atoms with Gasteiger partial charge in [-0.2, -0.15) is 0 Å². The first-order chi connectivity index (χ1) is 11.1. The van der Waals surface area contributed by atoms with Crippen LogP contribution in [0.1, 0.15) is 56.7 Å². The summed E-state index contributed by atoms with van der Waals surface area (Å²) in [5.74, 6) is 0.587. The monoisotopic (exact) mass is 347 g/mol. The second kappa shape index (κ2) is 6.00. The van der Waals surface area contributed by atoms with Crippen LogP contribution >= 0.6 is 22.7 Å². The molecule has 0 spiro atoms. The van der Waals surface area contributed by atoms with Crippen molar-refractivity contribution in [3.8, 4) is 0 Å². The number of nitrogens with one attached hydrogen (secondary N) is 2. The zero-order chi connectivity index (χ0) is 16.0. The van der Waals surface area contributed by atoms with Gasteiger partial charge >= 0.3 is 0 Å². The fourth-order valence-electron chi connectivity index (χ4n) is 3.08. The highest BCUT2D eigenvalue weighted by Gasteiger charge is 2.41. The Kier molecular flexibility index (Phi) is 3.99. The van der Waals surface area contributed by atoms with E-state index in [4.69, 9.17) is 0 Å². The lowest BCUT2D eigenvalue weighted by molar-refractivity contribution is 0.102. The highest BCUT2D eigenvalue weighted by atomic mass is 32.1. The van der Waals surface area contributed by atoms with E-state index in [-0.39, 0.29) is 5.91 Å². The third-order valence-corrected chi connectivity index (χ3v) is 6.76. The summed E-state index contributed by atoms with van der Waals surface area (Å²) >= 11 is 3.28. The summed E-state index contributed by atoms with van der Waals surface area (Å²) in [7, 11) is 0. The number of thiazole rings is 1. The van der Waals surface area contributed by atoms with Crippen LogP contribution in [0, 0.1) is 13.8 Å². The lowest BCUT2D eigenvalue weighted by atomic mass is 9.93. The molecule has 2 saturated carbocycles. The molecule has 2 fully saturated rings. The Hall–Kier alpha value is -1.24. The summed E-state index contributed by atoms with van der Waals surface area (Å²) in [6.45, 7) is 3.98. The van der Waals surface area contributed by atoms with Gasteiger partial charge in [-0.25, -0.2) is 4.98 Å². The third kappa shape index (κ3) is 3.20. The number of aromatic nitrogens is 1.